The van der Waals surface area contributed by atoms with Gasteiger partial charge in [0.2, 0.25) is 5.95 Å². The van der Waals surface area contributed by atoms with Crippen molar-refractivity contribution in [3.63, 3.8) is 0 Å². The number of fused-ring (bicyclic) bond motifs is 1. The van der Waals surface area contributed by atoms with E-state index >= 15 is 0 Å². The molecule has 4 aromatic rings. The molecule has 0 saturated carbocycles. The maximum absolute atomic E-state index is 12.9. The van der Waals surface area contributed by atoms with Gasteiger partial charge >= 0.3 is 5.69 Å². The molecular weight excluding hydrogens is 374 g/mol. The van der Waals surface area contributed by atoms with E-state index in [1.807, 2.05) is 53.3 Å². The molecule has 0 unspecified atom stereocenters. The second-order valence-corrected chi connectivity index (χ2v) is 7.85. The summed E-state index contributed by atoms with van der Waals surface area (Å²) in [6.45, 7) is 3.12. The quantitative estimate of drug-likeness (QED) is 0.563. The molecule has 28 heavy (non-hydrogen) atoms. The zero-order chi connectivity index (χ0) is 19.8. The Balaban J connectivity index is 1.87. The van der Waals surface area contributed by atoms with Crippen molar-refractivity contribution in [3.8, 4) is 0 Å². The fraction of sp³-hybridized carbons (Fsp3) is 0.250. The average molecular weight is 395 g/mol. The van der Waals surface area contributed by atoms with Crippen LogP contribution in [-0.4, -0.2) is 18.7 Å². The molecule has 144 valence electrons. The van der Waals surface area contributed by atoms with Crippen LogP contribution in [0.3, 0.4) is 0 Å². The lowest BCUT2D eigenvalue weighted by molar-refractivity contribution is 0.702. The minimum atomic E-state index is -0.387. The van der Waals surface area contributed by atoms with Crippen LogP contribution in [0, 0.1) is 6.92 Å². The summed E-state index contributed by atoms with van der Waals surface area (Å²) in [5.41, 5.74) is 2.30. The van der Waals surface area contributed by atoms with Crippen LogP contribution in [0.5, 0.6) is 0 Å². The molecule has 1 N–H and O–H groups in total. The largest absolute Gasteiger partial charge is 0.351 e. The van der Waals surface area contributed by atoms with Crippen LogP contribution in [0.15, 0.2) is 51.4 Å². The zero-order valence-electron chi connectivity index (χ0n) is 16.0. The number of aryl methyl sites for hydroxylation is 2. The van der Waals surface area contributed by atoms with Gasteiger partial charge in [0.1, 0.15) is 0 Å². The van der Waals surface area contributed by atoms with E-state index in [1.165, 1.54) is 17.2 Å². The van der Waals surface area contributed by atoms with E-state index in [0.717, 1.165) is 15.0 Å². The van der Waals surface area contributed by atoms with Gasteiger partial charge in [-0.05, 0) is 23.9 Å². The van der Waals surface area contributed by atoms with Gasteiger partial charge in [0.25, 0.3) is 5.56 Å². The Kier molecular flexibility index (Phi) is 4.64. The molecule has 0 aliphatic heterocycles. The lowest BCUT2D eigenvalue weighted by Gasteiger charge is -2.11. The van der Waals surface area contributed by atoms with Crippen LogP contribution in [0.4, 0.5) is 5.95 Å². The minimum Gasteiger partial charge on any atom is -0.351 e. The Hall–Kier alpha value is -3.13. The smallest absolute Gasteiger partial charge is 0.332 e. The highest BCUT2D eigenvalue weighted by Gasteiger charge is 2.19. The number of thiophene rings is 1. The second kappa shape index (κ2) is 7.12. The first-order valence-corrected chi connectivity index (χ1v) is 9.81. The van der Waals surface area contributed by atoms with Gasteiger partial charge in [0.05, 0.1) is 13.1 Å². The highest BCUT2D eigenvalue weighted by atomic mass is 32.1. The summed E-state index contributed by atoms with van der Waals surface area (Å²) in [4.78, 5) is 31.0. The number of hydrogen-bond acceptors (Lipinski definition) is 5. The van der Waals surface area contributed by atoms with Crippen LogP contribution >= 0.6 is 11.3 Å². The number of aromatic nitrogens is 4. The summed E-state index contributed by atoms with van der Waals surface area (Å²) in [6.07, 6.45) is 0. The van der Waals surface area contributed by atoms with Crippen molar-refractivity contribution in [2.75, 3.05) is 5.32 Å². The summed E-state index contributed by atoms with van der Waals surface area (Å²) in [5.74, 6) is 0.572. The maximum Gasteiger partial charge on any atom is 0.332 e. The monoisotopic (exact) mass is 395 g/mol. The van der Waals surface area contributed by atoms with Gasteiger partial charge < -0.3 is 5.32 Å². The third-order valence-electron chi connectivity index (χ3n) is 4.81. The first-order valence-electron chi connectivity index (χ1n) is 8.93. The molecule has 0 atom stereocenters. The summed E-state index contributed by atoms with van der Waals surface area (Å²) >= 11 is 1.65. The van der Waals surface area contributed by atoms with E-state index in [4.69, 9.17) is 0 Å². The van der Waals surface area contributed by atoms with Crippen LogP contribution in [-0.2, 0) is 27.2 Å². The van der Waals surface area contributed by atoms with E-state index < -0.39 is 0 Å². The molecule has 0 radical (unpaired) electrons. The van der Waals surface area contributed by atoms with Crippen molar-refractivity contribution in [3.05, 3.63) is 78.6 Å². The Morgan fingerprint density at radius 2 is 1.82 bits per heavy atom. The molecule has 0 aliphatic carbocycles. The molecular formula is C20H21N5O2S. The van der Waals surface area contributed by atoms with Crippen LogP contribution in [0.2, 0.25) is 0 Å². The Morgan fingerprint density at radius 1 is 1.07 bits per heavy atom. The number of hydrogen-bond donors (Lipinski definition) is 1. The fourth-order valence-electron chi connectivity index (χ4n) is 3.19. The molecule has 3 heterocycles. The Labute approximate surface area is 165 Å². The van der Waals surface area contributed by atoms with Gasteiger partial charge in [-0.15, -0.1) is 11.3 Å². The van der Waals surface area contributed by atoms with Crippen molar-refractivity contribution < 1.29 is 0 Å². The minimum absolute atomic E-state index is 0.345. The first-order chi connectivity index (χ1) is 13.5. The molecule has 0 fully saturated rings. The molecule has 0 spiro atoms. The zero-order valence-corrected chi connectivity index (χ0v) is 16.8. The normalized spacial score (nSPS) is 11.2. The summed E-state index contributed by atoms with van der Waals surface area (Å²) in [6, 6.07) is 12.2. The van der Waals surface area contributed by atoms with Crippen LogP contribution in [0.1, 0.15) is 16.0 Å². The van der Waals surface area contributed by atoms with E-state index in [2.05, 4.69) is 10.3 Å². The molecule has 3 aromatic heterocycles. The number of imidazole rings is 1. The molecule has 8 heteroatoms. The van der Waals surface area contributed by atoms with Crippen LogP contribution in [0.25, 0.3) is 11.2 Å². The average Bonchev–Trinajstić information content (AvgIpc) is 3.33. The van der Waals surface area contributed by atoms with Crippen LogP contribution < -0.4 is 16.6 Å². The van der Waals surface area contributed by atoms with Gasteiger partial charge in [0, 0.05) is 19.0 Å². The van der Waals surface area contributed by atoms with Crippen molar-refractivity contribution >= 4 is 28.4 Å². The summed E-state index contributed by atoms with van der Waals surface area (Å²) < 4.78 is 4.40. The molecule has 0 saturated heterocycles. The highest BCUT2D eigenvalue weighted by Crippen LogP contribution is 2.20. The number of rotatable bonds is 5. The van der Waals surface area contributed by atoms with Gasteiger partial charge in [-0.3, -0.25) is 18.5 Å². The molecule has 0 aliphatic rings. The molecule has 0 bridgehead atoms. The second-order valence-electron chi connectivity index (χ2n) is 6.82. The number of nitrogens with zero attached hydrogens (tertiary/aromatic N) is 4. The third kappa shape index (κ3) is 3.16. The van der Waals surface area contributed by atoms with Crippen molar-refractivity contribution in [2.45, 2.75) is 20.0 Å². The Morgan fingerprint density at radius 3 is 2.50 bits per heavy atom. The van der Waals surface area contributed by atoms with E-state index in [9.17, 15) is 9.59 Å². The molecule has 0 amide bonds. The fourth-order valence-corrected chi connectivity index (χ4v) is 3.84. The lowest BCUT2D eigenvalue weighted by Crippen LogP contribution is -2.37. The number of anilines is 1. The Bertz CT molecular complexity index is 1250. The molecule has 4 rings (SSSR count). The van der Waals surface area contributed by atoms with Gasteiger partial charge in [-0.2, -0.15) is 4.98 Å². The summed E-state index contributed by atoms with van der Waals surface area (Å²) in [5, 5.41) is 5.35. The van der Waals surface area contributed by atoms with E-state index in [-0.39, 0.29) is 11.2 Å². The topological polar surface area (TPSA) is 73.8 Å². The van der Waals surface area contributed by atoms with Crippen molar-refractivity contribution in [1.82, 2.24) is 18.7 Å². The molecule has 7 nitrogen and oxygen atoms in total. The van der Waals surface area contributed by atoms with Gasteiger partial charge in [0.15, 0.2) is 11.2 Å². The number of nitrogens with one attached hydrogen (secondary N) is 1. The maximum atomic E-state index is 12.9. The lowest BCUT2D eigenvalue weighted by atomic mass is 10.1. The highest BCUT2D eigenvalue weighted by molar-refractivity contribution is 7.09. The standard InChI is InChI=1S/C20H21N5O2S/c1-13-6-8-14(9-7-13)12-25-16-17(23(2)20(27)24(3)18(16)26)22-19(25)21-11-15-5-4-10-28-15/h4-10H,11-12H2,1-3H3,(H,21,22). The first kappa shape index (κ1) is 18.2. The number of benzene rings is 1. The van der Waals surface area contributed by atoms with Crippen molar-refractivity contribution in [1.29, 1.82) is 0 Å². The molecule has 1 aromatic carbocycles. The van der Waals surface area contributed by atoms with Gasteiger partial charge in [-0.1, -0.05) is 35.9 Å². The van der Waals surface area contributed by atoms with Gasteiger partial charge in [-0.25, -0.2) is 4.79 Å². The summed E-state index contributed by atoms with van der Waals surface area (Å²) in [7, 11) is 3.13. The third-order valence-corrected chi connectivity index (χ3v) is 5.69. The predicted octanol–water partition coefficient (Wildman–Crippen LogP) is 2.46. The SMILES string of the molecule is Cc1ccc(Cn2c(NCc3cccs3)nc3c2c(=O)n(C)c(=O)n3C)cc1. The van der Waals surface area contributed by atoms with E-state index in [1.54, 1.807) is 18.4 Å². The van der Waals surface area contributed by atoms with E-state index in [0.29, 0.717) is 30.2 Å². The predicted molar refractivity (Wildman–Crippen MR) is 112 cm³/mol. The van der Waals surface area contributed by atoms with Crippen molar-refractivity contribution in [2.24, 2.45) is 14.1 Å².